The highest BCUT2D eigenvalue weighted by Crippen LogP contribution is 2.23. The average molecular weight is 250 g/mol. The van der Waals surface area contributed by atoms with Crippen molar-refractivity contribution in [3.05, 3.63) is 52.3 Å². The Balaban J connectivity index is 2.20. The fraction of sp³-hybridized carbons (Fsp3) is 0.308. The van der Waals surface area contributed by atoms with Crippen LogP contribution < -0.4 is 5.73 Å². The first-order chi connectivity index (χ1) is 8.08. The van der Waals surface area contributed by atoms with E-state index in [0.717, 1.165) is 28.4 Å². The summed E-state index contributed by atoms with van der Waals surface area (Å²) in [6.07, 6.45) is 0.737. The molecule has 2 rings (SSSR count). The molecule has 1 aromatic carbocycles. The molecule has 1 heterocycles. The minimum atomic E-state index is -0.0986. The molecule has 2 aromatic rings. The average Bonchev–Trinajstić information content (AvgIpc) is 2.58. The zero-order chi connectivity index (χ0) is 12.4. The molecule has 0 fully saturated rings. The largest absolute Gasteiger partial charge is 0.324 e. The number of hydrogen-bond donors (Lipinski definition) is 1. The Hall–Kier alpha value is -1.32. The van der Waals surface area contributed by atoms with Gasteiger partial charge in [-0.3, -0.25) is 4.68 Å². The maximum atomic E-state index is 6.18. The van der Waals surface area contributed by atoms with Crippen molar-refractivity contribution in [2.45, 2.75) is 19.4 Å². The van der Waals surface area contributed by atoms with Crippen LogP contribution in [0.25, 0.3) is 0 Å². The van der Waals surface area contributed by atoms with Gasteiger partial charge in [0.2, 0.25) is 0 Å². The van der Waals surface area contributed by atoms with Gasteiger partial charge in [-0.1, -0.05) is 29.8 Å². The smallest absolute Gasteiger partial charge is 0.0596 e. The summed E-state index contributed by atoms with van der Waals surface area (Å²) < 4.78 is 1.87. The first kappa shape index (κ1) is 12.1. The molecule has 0 saturated carbocycles. The summed E-state index contributed by atoms with van der Waals surface area (Å²) in [7, 11) is 1.93. The van der Waals surface area contributed by atoms with Crippen molar-refractivity contribution in [3.8, 4) is 0 Å². The summed E-state index contributed by atoms with van der Waals surface area (Å²) in [4.78, 5) is 0. The summed E-state index contributed by atoms with van der Waals surface area (Å²) in [6, 6.07) is 9.65. The minimum Gasteiger partial charge on any atom is -0.324 e. The number of benzene rings is 1. The Morgan fingerprint density at radius 2 is 2.12 bits per heavy atom. The number of halogens is 1. The molecule has 0 saturated heterocycles. The van der Waals surface area contributed by atoms with Crippen molar-refractivity contribution in [2.24, 2.45) is 12.8 Å². The number of hydrogen-bond acceptors (Lipinski definition) is 2. The van der Waals surface area contributed by atoms with Crippen LogP contribution in [0.2, 0.25) is 5.02 Å². The highest BCUT2D eigenvalue weighted by Gasteiger charge is 2.12. The van der Waals surface area contributed by atoms with Crippen LogP contribution in [-0.2, 0) is 13.5 Å². The van der Waals surface area contributed by atoms with Gasteiger partial charge in [-0.25, -0.2) is 0 Å². The molecule has 4 heteroatoms. The monoisotopic (exact) mass is 249 g/mol. The summed E-state index contributed by atoms with van der Waals surface area (Å²) in [5, 5.41) is 5.03. The van der Waals surface area contributed by atoms with Crippen molar-refractivity contribution in [1.82, 2.24) is 9.78 Å². The van der Waals surface area contributed by atoms with Gasteiger partial charge in [0.05, 0.1) is 5.69 Å². The predicted molar refractivity (Wildman–Crippen MR) is 70.0 cm³/mol. The zero-order valence-corrected chi connectivity index (χ0v) is 10.8. The number of nitrogens with zero attached hydrogens (tertiary/aromatic N) is 2. The molecule has 90 valence electrons. The van der Waals surface area contributed by atoms with E-state index in [0.29, 0.717) is 0 Å². The zero-order valence-electron chi connectivity index (χ0n) is 10.0. The van der Waals surface area contributed by atoms with E-state index in [1.54, 1.807) is 0 Å². The van der Waals surface area contributed by atoms with Gasteiger partial charge < -0.3 is 5.73 Å². The lowest BCUT2D eigenvalue weighted by molar-refractivity contribution is 0.640. The van der Waals surface area contributed by atoms with Crippen molar-refractivity contribution in [1.29, 1.82) is 0 Å². The van der Waals surface area contributed by atoms with Crippen LogP contribution in [-0.4, -0.2) is 9.78 Å². The lowest BCUT2D eigenvalue weighted by Crippen LogP contribution is -2.15. The molecule has 1 aromatic heterocycles. The van der Waals surface area contributed by atoms with Crippen LogP contribution in [0.15, 0.2) is 30.3 Å². The summed E-state index contributed by atoms with van der Waals surface area (Å²) in [6.45, 7) is 1.98. The second-order valence-corrected chi connectivity index (χ2v) is 4.64. The van der Waals surface area contributed by atoms with E-state index in [1.165, 1.54) is 0 Å². The minimum absolute atomic E-state index is 0.0986. The van der Waals surface area contributed by atoms with E-state index in [1.807, 2.05) is 42.9 Å². The highest BCUT2D eigenvalue weighted by molar-refractivity contribution is 6.31. The lowest BCUT2D eigenvalue weighted by Gasteiger charge is -2.13. The third-order valence-electron chi connectivity index (χ3n) is 2.83. The number of nitrogens with two attached hydrogens (primary N) is 1. The maximum Gasteiger partial charge on any atom is 0.0596 e. The van der Waals surface area contributed by atoms with Gasteiger partial charge in [0, 0.05) is 30.2 Å². The number of aromatic nitrogens is 2. The Bertz CT molecular complexity index is 519. The predicted octanol–water partition coefficient (Wildman–Crippen LogP) is 2.62. The molecule has 17 heavy (non-hydrogen) atoms. The van der Waals surface area contributed by atoms with Gasteiger partial charge in [0.1, 0.15) is 0 Å². The standard InChI is InChI=1S/C13H16ClN3/c1-9-7-10(17(2)16-9)8-13(15)11-5-3-4-6-12(11)14/h3-7,13H,8,15H2,1-2H3. The fourth-order valence-electron chi connectivity index (χ4n) is 1.97. The third-order valence-corrected chi connectivity index (χ3v) is 3.18. The fourth-order valence-corrected chi connectivity index (χ4v) is 2.24. The maximum absolute atomic E-state index is 6.18. The molecular formula is C13H16ClN3. The third kappa shape index (κ3) is 2.68. The molecule has 0 amide bonds. The van der Waals surface area contributed by atoms with E-state index in [2.05, 4.69) is 11.2 Å². The van der Waals surface area contributed by atoms with E-state index in [4.69, 9.17) is 17.3 Å². The first-order valence-electron chi connectivity index (χ1n) is 5.57. The molecule has 0 aliphatic rings. The van der Waals surface area contributed by atoms with Crippen molar-refractivity contribution >= 4 is 11.6 Å². The molecule has 0 spiro atoms. The Labute approximate surface area is 106 Å². The van der Waals surface area contributed by atoms with Crippen molar-refractivity contribution < 1.29 is 0 Å². The van der Waals surface area contributed by atoms with Gasteiger partial charge in [0.15, 0.2) is 0 Å². The first-order valence-corrected chi connectivity index (χ1v) is 5.95. The molecule has 0 aliphatic heterocycles. The molecule has 0 radical (unpaired) electrons. The van der Waals surface area contributed by atoms with Gasteiger partial charge >= 0.3 is 0 Å². The van der Waals surface area contributed by atoms with Crippen LogP contribution in [0, 0.1) is 6.92 Å². The van der Waals surface area contributed by atoms with Crippen molar-refractivity contribution in [3.63, 3.8) is 0 Å². The normalized spacial score (nSPS) is 12.7. The molecular weight excluding hydrogens is 234 g/mol. The highest BCUT2D eigenvalue weighted by atomic mass is 35.5. The molecule has 1 unspecified atom stereocenters. The number of aryl methyl sites for hydroxylation is 2. The van der Waals surface area contributed by atoms with Gasteiger partial charge in [-0.05, 0) is 24.6 Å². The van der Waals surface area contributed by atoms with Gasteiger partial charge in [-0.15, -0.1) is 0 Å². The Morgan fingerprint density at radius 3 is 2.71 bits per heavy atom. The van der Waals surface area contributed by atoms with Crippen LogP contribution >= 0.6 is 11.6 Å². The molecule has 3 nitrogen and oxygen atoms in total. The van der Waals surface area contributed by atoms with Crippen LogP contribution in [0.5, 0.6) is 0 Å². The van der Waals surface area contributed by atoms with Crippen LogP contribution in [0.4, 0.5) is 0 Å². The van der Waals surface area contributed by atoms with E-state index < -0.39 is 0 Å². The SMILES string of the molecule is Cc1cc(CC(N)c2ccccc2Cl)n(C)n1. The van der Waals surface area contributed by atoms with Crippen LogP contribution in [0.1, 0.15) is 23.0 Å². The van der Waals surface area contributed by atoms with Gasteiger partial charge in [-0.2, -0.15) is 5.10 Å². The van der Waals surface area contributed by atoms with Crippen molar-refractivity contribution in [2.75, 3.05) is 0 Å². The second kappa shape index (κ2) is 4.90. The Morgan fingerprint density at radius 1 is 1.41 bits per heavy atom. The molecule has 0 bridgehead atoms. The summed E-state index contributed by atoms with van der Waals surface area (Å²) in [5.41, 5.74) is 9.29. The van der Waals surface area contributed by atoms with E-state index in [-0.39, 0.29) is 6.04 Å². The van der Waals surface area contributed by atoms with E-state index >= 15 is 0 Å². The quantitative estimate of drug-likeness (QED) is 0.909. The summed E-state index contributed by atoms with van der Waals surface area (Å²) in [5.74, 6) is 0. The molecule has 0 aliphatic carbocycles. The summed E-state index contributed by atoms with van der Waals surface area (Å²) >= 11 is 6.13. The van der Waals surface area contributed by atoms with E-state index in [9.17, 15) is 0 Å². The topological polar surface area (TPSA) is 43.8 Å². The Kier molecular flexibility index (Phi) is 3.50. The second-order valence-electron chi connectivity index (χ2n) is 4.23. The lowest BCUT2D eigenvalue weighted by atomic mass is 10.0. The van der Waals surface area contributed by atoms with Gasteiger partial charge in [0.25, 0.3) is 0 Å². The number of rotatable bonds is 3. The van der Waals surface area contributed by atoms with Crippen LogP contribution in [0.3, 0.4) is 0 Å². The molecule has 2 N–H and O–H groups in total. The molecule has 1 atom stereocenters.